The number of rotatable bonds is 7. The lowest BCUT2D eigenvalue weighted by Gasteiger charge is -2.12. The van der Waals surface area contributed by atoms with Crippen LogP contribution >= 0.6 is 0 Å². The van der Waals surface area contributed by atoms with Gasteiger partial charge in [0.1, 0.15) is 0 Å². The monoisotopic (exact) mass is 260 g/mol. The van der Waals surface area contributed by atoms with E-state index in [0.717, 1.165) is 11.3 Å². The van der Waals surface area contributed by atoms with Crippen LogP contribution in [0, 0.1) is 10.1 Å². The van der Waals surface area contributed by atoms with E-state index >= 15 is 0 Å². The van der Waals surface area contributed by atoms with E-state index in [1.165, 1.54) is 0 Å². The quantitative estimate of drug-likeness (QED) is 0.614. The van der Waals surface area contributed by atoms with Gasteiger partial charge in [0.2, 0.25) is 6.54 Å². The molecule has 1 aromatic carbocycles. The van der Waals surface area contributed by atoms with Crippen molar-refractivity contribution in [3.8, 4) is 0 Å². The molecule has 2 aromatic rings. The van der Waals surface area contributed by atoms with Crippen molar-refractivity contribution in [3.63, 3.8) is 0 Å². The van der Waals surface area contributed by atoms with Gasteiger partial charge >= 0.3 is 0 Å². The van der Waals surface area contributed by atoms with Crippen molar-refractivity contribution in [3.05, 3.63) is 70.0 Å². The molecule has 0 amide bonds. The molecule has 1 heterocycles. The number of hydrogen-bond donors (Lipinski definition) is 1. The smallest absolute Gasteiger partial charge is 0.214 e. The first-order valence-electron chi connectivity index (χ1n) is 6.12. The van der Waals surface area contributed by atoms with Crippen molar-refractivity contribution in [2.45, 2.75) is 12.5 Å². The van der Waals surface area contributed by atoms with Crippen molar-refractivity contribution in [2.24, 2.45) is 0 Å². The highest BCUT2D eigenvalue weighted by Gasteiger charge is 2.18. The first kappa shape index (κ1) is 13.3. The summed E-state index contributed by atoms with van der Waals surface area (Å²) in [5.41, 5.74) is 1.90. The predicted molar refractivity (Wildman–Crippen MR) is 71.5 cm³/mol. The molecule has 0 radical (unpaired) electrons. The maximum atomic E-state index is 10.7. The molecule has 0 aliphatic rings. The molecule has 1 atom stereocenters. The molecule has 0 aliphatic heterocycles. The van der Waals surface area contributed by atoms with E-state index in [4.69, 9.17) is 4.74 Å². The summed E-state index contributed by atoms with van der Waals surface area (Å²) < 4.78 is 5.58. The normalized spacial score (nSPS) is 12.2. The van der Waals surface area contributed by atoms with Crippen LogP contribution in [0.25, 0.3) is 0 Å². The predicted octanol–water partition coefficient (Wildman–Crippen LogP) is 2.59. The summed E-state index contributed by atoms with van der Waals surface area (Å²) in [6.07, 6.45) is 1.76. The zero-order chi connectivity index (χ0) is 13.5. The van der Waals surface area contributed by atoms with Crippen molar-refractivity contribution < 1.29 is 9.66 Å². The van der Waals surface area contributed by atoms with Crippen LogP contribution in [0.15, 0.2) is 48.7 Å². The van der Waals surface area contributed by atoms with Crippen LogP contribution in [-0.4, -0.2) is 23.1 Å². The van der Waals surface area contributed by atoms with Crippen LogP contribution in [0.2, 0.25) is 0 Å². The fraction of sp³-hybridized carbons (Fsp3) is 0.286. The third-order valence-electron chi connectivity index (χ3n) is 2.86. The van der Waals surface area contributed by atoms with Crippen LogP contribution in [0.5, 0.6) is 0 Å². The summed E-state index contributed by atoms with van der Waals surface area (Å²) in [7, 11) is 0. The van der Waals surface area contributed by atoms with Crippen molar-refractivity contribution in [1.29, 1.82) is 0 Å². The molecule has 1 N–H and O–H groups in total. The minimum Gasteiger partial charge on any atom is -0.376 e. The standard InChI is InChI=1S/C14H16N2O3/c17-16(18)9-13(14-7-4-8-15-14)11-19-10-12-5-2-1-3-6-12/h1-8,13,15H,9-11H2. The lowest BCUT2D eigenvalue weighted by molar-refractivity contribution is -0.484. The first-order chi connectivity index (χ1) is 9.25. The third-order valence-corrected chi connectivity index (χ3v) is 2.86. The molecule has 0 fully saturated rings. The van der Waals surface area contributed by atoms with Gasteiger partial charge in [-0.2, -0.15) is 0 Å². The van der Waals surface area contributed by atoms with Crippen LogP contribution in [0.3, 0.4) is 0 Å². The number of benzene rings is 1. The van der Waals surface area contributed by atoms with E-state index in [9.17, 15) is 10.1 Å². The molecule has 0 saturated carbocycles. The van der Waals surface area contributed by atoms with Gasteiger partial charge in [-0.05, 0) is 17.7 Å². The zero-order valence-electron chi connectivity index (χ0n) is 10.5. The molecule has 0 spiro atoms. The van der Waals surface area contributed by atoms with Gasteiger partial charge in [-0.25, -0.2) is 0 Å². The second kappa shape index (κ2) is 6.70. The Morgan fingerprint density at radius 1 is 1.21 bits per heavy atom. The number of aromatic nitrogens is 1. The maximum absolute atomic E-state index is 10.7. The highest BCUT2D eigenvalue weighted by atomic mass is 16.6. The molecule has 5 nitrogen and oxygen atoms in total. The number of nitrogens with one attached hydrogen (secondary N) is 1. The van der Waals surface area contributed by atoms with Gasteiger partial charge < -0.3 is 9.72 Å². The van der Waals surface area contributed by atoms with Gasteiger partial charge in [0, 0.05) is 16.8 Å². The second-order valence-electron chi connectivity index (χ2n) is 4.34. The molecule has 0 bridgehead atoms. The van der Waals surface area contributed by atoms with Crippen LogP contribution in [0.1, 0.15) is 17.2 Å². The molecule has 0 aliphatic carbocycles. The summed E-state index contributed by atoms with van der Waals surface area (Å²) in [6, 6.07) is 13.4. The fourth-order valence-electron chi connectivity index (χ4n) is 1.91. The largest absolute Gasteiger partial charge is 0.376 e. The Bertz CT molecular complexity index is 497. The molecule has 2 rings (SSSR count). The maximum Gasteiger partial charge on any atom is 0.214 e. The highest BCUT2D eigenvalue weighted by molar-refractivity contribution is 5.14. The van der Waals surface area contributed by atoms with Gasteiger partial charge in [0.25, 0.3) is 0 Å². The summed E-state index contributed by atoms with van der Waals surface area (Å²) in [5.74, 6) is -0.242. The fourth-order valence-corrected chi connectivity index (χ4v) is 1.91. The third kappa shape index (κ3) is 4.22. The van der Waals surface area contributed by atoms with E-state index in [-0.39, 0.29) is 17.4 Å². The van der Waals surface area contributed by atoms with E-state index in [2.05, 4.69) is 4.98 Å². The molecule has 0 saturated heterocycles. The average Bonchev–Trinajstić information content (AvgIpc) is 2.92. The lowest BCUT2D eigenvalue weighted by atomic mass is 10.1. The molecule has 19 heavy (non-hydrogen) atoms. The Morgan fingerprint density at radius 3 is 2.63 bits per heavy atom. The minimum absolute atomic E-state index is 0.130. The number of nitro groups is 1. The second-order valence-corrected chi connectivity index (χ2v) is 4.34. The number of nitrogens with zero attached hydrogens (tertiary/aromatic N) is 1. The topological polar surface area (TPSA) is 68.2 Å². The zero-order valence-corrected chi connectivity index (χ0v) is 10.5. The van der Waals surface area contributed by atoms with Gasteiger partial charge in [0.15, 0.2) is 0 Å². The van der Waals surface area contributed by atoms with Crippen LogP contribution < -0.4 is 0 Å². The van der Waals surface area contributed by atoms with Gasteiger partial charge in [0.05, 0.1) is 19.1 Å². The first-order valence-corrected chi connectivity index (χ1v) is 6.12. The average molecular weight is 260 g/mol. The Hall–Kier alpha value is -2.14. The number of hydrogen-bond acceptors (Lipinski definition) is 3. The van der Waals surface area contributed by atoms with Crippen molar-refractivity contribution in [2.75, 3.05) is 13.2 Å². The van der Waals surface area contributed by atoms with E-state index in [1.54, 1.807) is 6.20 Å². The minimum atomic E-state index is -0.308. The summed E-state index contributed by atoms with van der Waals surface area (Å²) in [4.78, 5) is 13.4. The number of aromatic amines is 1. The van der Waals surface area contributed by atoms with Crippen molar-refractivity contribution in [1.82, 2.24) is 4.98 Å². The van der Waals surface area contributed by atoms with Crippen LogP contribution in [-0.2, 0) is 11.3 Å². The highest BCUT2D eigenvalue weighted by Crippen LogP contribution is 2.15. The Labute approximate surface area is 111 Å². The SMILES string of the molecule is O=[N+]([O-])CC(COCc1ccccc1)c1ccc[nH]1. The summed E-state index contributed by atoms with van der Waals surface area (Å²) >= 11 is 0. The Kier molecular flexibility index (Phi) is 4.69. The summed E-state index contributed by atoms with van der Waals surface area (Å²) in [5, 5.41) is 10.7. The van der Waals surface area contributed by atoms with E-state index in [0.29, 0.717) is 13.2 Å². The molecular weight excluding hydrogens is 244 g/mol. The molecule has 5 heteroatoms. The molecule has 1 unspecified atom stereocenters. The molecule has 100 valence electrons. The summed E-state index contributed by atoms with van der Waals surface area (Å²) in [6.45, 7) is 0.668. The lowest BCUT2D eigenvalue weighted by Crippen LogP contribution is -2.18. The van der Waals surface area contributed by atoms with Crippen molar-refractivity contribution >= 4 is 0 Å². The molecular formula is C14H16N2O3. The molecule has 1 aromatic heterocycles. The number of H-pyrrole nitrogens is 1. The van der Waals surface area contributed by atoms with Crippen LogP contribution in [0.4, 0.5) is 0 Å². The Morgan fingerprint density at radius 2 is 2.00 bits per heavy atom. The van der Waals surface area contributed by atoms with Gasteiger partial charge in [-0.15, -0.1) is 0 Å². The van der Waals surface area contributed by atoms with E-state index < -0.39 is 0 Å². The van der Waals surface area contributed by atoms with E-state index in [1.807, 2.05) is 42.5 Å². The van der Waals surface area contributed by atoms with Gasteiger partial charge in [-0.1, -0.05) is 30.3 Å². The van der Waals surface area contributed by atoms with Gasteiger partial charge in [-0.3, -0.25) is 10.1 Å². The Balaban J connectivity index is 1.88. The number of ether oxygens (including phenoxy) is 1.